The van der Waals surface area contributed by atoms with Crippen molar-refractivity contribution in [2.45, 2.75) is 19.6 Å². The second kappa shape index (κ2) is 4.89. The molecule has 2 rings (SSSR count). The molecule has 0 aromatic heterocycles. The van der Waals surface area contributed by atoms with Crippen LogP contribution in [0.4, 0.5) is 0 Å². The summed E-state index contributed by atoms with van der Waals surface area (Å²) in [7, 11) is 0. The van der Waals surface area contributed by atoms with Crippen molar-refractivity contribution in [2.75, 3.05) is 0 Å². The van der Waals surface area contributed by atoms with Crippen molar-refractivity contribution >= 4 is 23.4 Å². The Morgan fingerprint density at radius 1 is 0.625 bits per heavy atom. The quantitative estimate of drug-likeness (QED) is 0.737. The summed E-state index contributed by atoms with van der Waals surface area (Å²) < 4.78 is 3.06. The van der Waals surface area contributed by atoms with Crippen molar-refractivity contribution < 1.29 is 0 Å². The van der Waals surface area contributed by atoms with Gasteiger partial charge in [0.05, 0.1) is 0 Å². The van der Waals surface area contributed by atoms with Gasteiger partial charge in [0.15, 0.2) is 0 Å². The topological polar surface area (TPSA) is 0 Å². The van der Waals surface area contributed by atoms with Crippen molar-refractivity contribution in [2.24, 2.45) is 0 Å². The maximum absolute atomic E-state index is 2.41. The molecular formula is C15H17As. The zero-order chi connectivity index (χ0) is 11.5. The zero-order valence-corrected chi connectivity index (χ0v) is 11.9. The van der Waals surface area contributed by atoms with E-state index in [1.807, 2.05) is 0 Å². The summed E-state index contributed by atoms with van der Waals surface area (Å²) >= 11 is -1.03. The van der Waals surface area contributed by atoms with Gasteiger partial charge in [-0.2, -0.15) is 0 Å². The Labute approximate surface area is 103 Å². The van der Waals surface area contributed by atoms with E-state index in [1.54, 1.807) is 0 Å². The SMILES string of the molecule is Cc1ccc([As](C)c2ccc(C)cc2)cc1. The van der Waals surface area contributed by atoms with Gasteiger partial charge < -0.3 is 0 Å². The summed E-state index contributed by atoms with van der Waals surface area (Å²) in [6.45, 7) is 4.28. The summed E-state index contributed by atoms with van der Waals surface area (Å²) in [5, 5.41) is 0. The van der Waals surface area contributed by atoms with Gasteiger partial charge in [-0.1, -0.05) is 0 Å². The first-order valence-electron chi connectivity index (χ1n) is 5.54. The third kappa shape index (κ3) is 2.57. The molecule has 82 valence electrons. The minimum atomic E-state index is -1.03. The van der Waals surface area contributed by atoms with Gasteiger partial charge in [-0.25, -0.2) is 0 Å². The van der Waals surface area contributed by atoms with E-state index < -0.39 is 14.7 Å². The van der Waals surface area contributed by atoms with E-state index in [-0.39, 0.29) is 0 Å². The molecule has 0 fully saturated rings. The van der Waals surface area contributed by atoms with E-state index in [9.17, 15) is 0 Å². The van der Waals surface area contributed by atoms with Crippen LogP contribution in [0.25, 0.3) is 0 Å². The molecule has 0 spiro atoms. The molecule has 0 aliphatic carbocycles. The Balaban J connectivity index is 2.28. The van der Waals surface area contributed by atoms with E-state index in [1.165, 1.54) is 19.8 Å². The molecule has 0 heterocycles. The van der Waals surface area contributed by atoms with Gasteiger partial charge in [0.25, 0.3) is 0 Å². The second-order valence-electron chi connectivity index (χ2n) is 4.23. The van der Waals surface area contributed by atoms with Crippen LogP contribution in [0.15, 0.2) is 48.5 Å². The molecule has 16 heavy (non-hydrogen) atoms. The van der Waals surface area contributed by atoms with Crippen molar-refractivity contribution in [3.8, 4) is 0 Å². The zero-order valence-electron chi connectivity index (χ0n) is 10.1. The summed E-state index contributed by atoms with van der Waals surface area (Å²) in [6, 6.07) is 18.0. The molecule has 0 N–H and O–H groups in total. The minimum absolute atomic E-state index is 1.03. The number of aryl methyl sites for hydroxylation is 2. The van der Waals surface area contributed by atoms with Crippen LogP contribution < -0.4 is 8.70 Å². The van der Waals surface area contributed by atoms with Gasteiger partial charge in [-0.3, -0.25) is 0 Å². The van der Waals surface area contributed by atoms with Gasteiger partial charge in [-0.15, -0.1) is 0 Å². The molecule has 0 radical (unpaired) electrons. The van der Waals surface area contributed by atoms with Gasteiger partial charge in [0.2, 0.25) is 0 Å². The summed E-state index contributed by atoms with van der Waals surface area (Å²) in [4.78, 5) is 0. The predicted molar refractivity (Wildman–Crippen MR) is 73.2 cm³/mol. The molecule has 0 aliphatic heterocycles. The number of benzene rings is 2. The first-order chi connectivity index (χ1) is 7.66. The predicted octanol–water partition coefficient (Wildman–Crippen LogP) is 2.54. The summed E-state index contributed by atoms with van der Waals surface area (Å²) in [6.07, 6.45) is 0. The fourth-order valence-corrected chi connectivity index (χ4v) is 4.81. The van der Waals surface area contributed by atoms with E-state index >= 15 is 0 Å². The number of hydrogen-bond donors (Lipinski definition) is 0. The molecule has 0 nitrogen and oxygen atoms in total. The molecule has 0 amide bonds. The van der Waals surface area contributed by atoms with Crippen LogP contribution in [0.5, 0.6) is 0 Å². The third-order valence-electron chi connectivity index (χ3n) is 2.84. The Kier molecular flexibility index (Phi) is 3.51. The van der Waals surface area contributed by atoms with Gasteiger partial charge >= 0.3 is 103 Å². The normalized spacial score (nSPS) is 10.8. The Morgan fingerprint density at radius 3 is 1.25 bits per heavy atom. The molecule has 1 heteroatoms. The molecular weight excluding hydrogens is 255 g/mol. The maximum atomic E-state index is 2.41. The van der Waals surface area contributed by atoms with Crippen LogP contribution in [0, 0.1) is 13.8 Å². The van der Waals surface area contributed by atoms with Gasteiger partial charge in [0, 0.05) is 0 Å². The van der Waals surface area contributed by atoms with Crippen LogP contribution in [-0.4, -0.2) is 14.7 Å². The monoisotopic (exact) mass is 272 g/mol. The molecule has 0 saturated carbocycles. The van der Waals surface area contributed by atoms with Crippen molar-refractivity contribution in [3.05, 3.63) is 59.7 Å². The second-order valence-corrected chi connectivity index (χ2v) is 8.74. The van der Waals surface area contributed by atoms with E-state index in [0.29, 0.717) is 0 Å². The van der Waals surface area contributed by atoms with Crippen molar-refractivity contribution in [3.63, 3.8) is 0 Å². The molecule has 2 aromatic carbocycles. The molecule has 2 aromatic rings. The van der Waals surface area contributed by atoms with Crippen LogP contribution in [0.3, 0.4) is 0 Å². The van der Waals surface area contributed by atoms with Crippen LogP contribution in [0.1, 0.15) is 11.1 Å². The molecule has 0 bridgehead atoms. The standard InChI is InChI=1S/C15H17As/c1-12-4-8-14(9-5-12)16(3)15-10-6-13(2)7-11-15/h4-11H,1-3H3. The van der Waals surface area contributed by atoms with Crippen molar-refractivity contribution in [1.82, 2.24) is 0 Å². The van der Waals surface area contributed by atoms with Gasteiger partial charge in [0.1, 0.15) is 0 Å². The molecule has 0 aliphatic rings. The first-order valence-corrected chi connectivity index (χ1v) is 9.29. The molecule has 0 atom stereocenters. The van der Waals surface area contributed by atoms with E-state index in [2.05, 4.69) is 68.1 Å². The Bertz CT molecular complexity index is 408. The van der Waals surface area contributed by atoms with E-state index in [0.717, 1.165) is 0 Å². The van der Waals surface area contributed by atoms with Crippen LogP contribution in [-0.2, 0) is 0 Å². The average molecular weight is 272 g/mol. The molecule has 0 unspecified atom stereocenters. The number of rotatable bonds is 2. The molecule has 0 saturated heterocycles. The average Bonchev–Trinajstić information content (AvgIpc) is 2.30. The number of hydrogen-bond acceptors (Lipinski definition) is 0. The van der Waals surface area contributed by atoms with Crippen LogP contribution in [0.2, 0.25) is 5.71 Å². The van der Waals surface area contributed by atoms with Crippen LogP contribution >= 0.6 is 0 Å². The third-order valence-corrected chi connectivity index (χ3v) is 7.34. The first kappa shape index (κ1) is 11.5. The summed E-state index contributed by atoms with van der Waals surface area (Å²) in [5.41, 5.74) is 5.09. The fourth-order valence-electron chi connectivity index (χ4n) is 1.69. The Morgan fingerprint density at radius 2 is 0.938 bits per heavy atom. The van der Waals surface area contributed by atoms with Crippen molar-refractivity contribution in [1.29, 1.82) is 0 Å². The summed E-state index contributed by atoms with van der Waals surface area (Å²) in [5.74, 6) is 0. The Hall–Kier alpha value is -1.00. The fraction of sp³-hybridized carbons (Fsp3) is 0.200. The van der Waals surface area contributed by atoms with E-state index in [4.69, 9.17) is 0 Å². The van der Waals surface area contributed by atoms with Gasteiger partial charge in [-0.05, 0) is 0 Å².